The Bertz CT molecular complexity index is 474. The molecule has 0 radical (unpaired) electrons. The normalized spacial score (nSPS) is 23.8. The Balaban J connectivity index is 2.30. The van der Waals surface area contributed by atoms with Crippen molar-refractivity contribution in [3.05, 3.63) is 0 Å². The highest BCUT2D eigenvalue weighted by molar-refractivity contribution is 7.80. The molecule has 6 heteroatoms. The molecule has 150 valence electrons. The van der Waals surface area contributed by atoms with E-state index in [4.69, 9.17) is 13.5 Å². The number of hydrogen-bond acceptors (Lipinski definition) is 4. The third-order valence-corrected chi connectivity index (χ3v) is 5.97. The molecule has 0 bridgehead atoms. The summed E-state index contributed by atoms with van der Waals surface area (Å²) in [5, 5.41) is 0. The Hall–Kier alpha value is -0.170. The molecule has 0 aromatic heterocycles. The topological polar surface area (TPSA) is 76.1 Å². The first-order valence-corrected chi connectivity index (χ1v) is 11.4. The molecular formula is C19H38O5S. The second-order valence-corrected chi connectivity index (χ2v) is 8.91. The standard InChI is InChI=1S/C19H38O5S/c1-5-7-8-9-10-11-12-13-14-15-17-19(23-17,16-6-2)18(3,4)24-25(20,21)22/h17H,5-16H2,1-4H3,(H,20,21,22). The van der Waals surface area contributed by atoms with Crippen LogP contribution >= 0.6 is 0 Å². The van der Waals surface area contributed by atoms with Crippen molar-refractivity contribution in [2.75, 3.05) is 0 Å². The highest BCUT2D eigenvalue weighted by atomic mass is 32.3. The van der Waals surface area contributed by atoms with Gasteiger partial charge in [-0.1, -0.05) is 78.1 Å². The highest BCUT2D eigenvalue weighted by Crippen LogP contribution is 2.52. The summed E-state index contributed by atoms with van der Waals surface area (Å²) >= 11 is 0. The Morgan fingerprint density at radius 1 is 0.960 bits per heavy atom. The van der Waals surface area contributed by atoms with Crippen molar-refractivity contribution in [1.82, 2.24) is 0 Å². The zero-order valence-electron chi connectivity index (χ0n) is 16.6. The van der Waals surface area contributed by atoms with Gasteiger partial charge in [0.15, 0.2) is 0 Å². The lowest BCUT2D eigenvalue weighted by molar-refractivity contribution is 0.00928. The van der Waals surface area contributed by atoms with Crippen LogP contribution in [0.3, 0.4) is 0 Å². The smallest absolute Gasteiger partial charge is 0.363 e. The van der Waals surface area contributed by atoms with E-state index in [1.807, 2.05) is 6.92 Å². The summed E-state index contributed by atoms with van der Waals surface area (Å²) in [4.78, 5) is 0. The first kappa shape index (κ1) is 22.9. The Morgan fingerprint density at radius 3 is 1.96 bits per heavy atom. The van der Waals surface area contributed by atoms with Gasteiger partial charge in [0.25, 0.3) is 0 Å². The van der Waals surface area contributed by atoms with Crippen LogP contribution < -0.4 is 0 Å². The van der Waals surface area contributed by atoms with Crippen LogP contribution in [0.4, 0.5) is 0 Å². The average molecular weight is 379 g/mol. The van der Waals surface area contributed by atoms with Crippen molar-refractivity contribution in [2.24, 2.45) is 0 Å². The van der Waals surface area contributed by atoms with Crippen molar-refractivity contribution >= 4 is 10.4 Å². The van der Waals surface area contributed by atoms with Gasteiger partial charge < -0.3 is 4.74 Å². The minimum atomic E-state index is -4.49. The van der Waals surface area contributed by atoms with E-state index < -0.39 is 21.6 Å². The van der Waals surface area contributed by atoms with E-state index in [0.717, 1.165) is 25.7 Å². The van der Waals surface area contributed by atoms with Gasteiger partial charge in [0.1, 0.15) is 11.2 Å². The van der Waals surface area contributed by atoms with Crippen LogP contribution in [0.1, 0.15) is 105 Å². The zero-order valence-corrected chi connectivity index (χ0v) is 17.4. The second kappa shape index (κ2) is 10.2. The van der Waals surface area contributed by atoms with Gasteiger partial charge in [-0.15, -0.1) is 0 Å². The minimum absolute atomic E-state index is 0.0220. The van der Waals surface area contributed by atoms with Crippen molar-refractivity contribution in [1.29, 1.82) is 0 Å². The van der Waals surface area contributed by atoms with E-state index >= 15 is 0 Å². The van der Waals surface area contributed by atoms with Crippen molar-refractivity contribution in [3.8, 4) is 0 Å². The van der Waals surface area contributed by atoms with E-state index in [-0.39, 0.29) is 6.10 Å². The SMILES string of the molecule is CCCCCCCCCCCC1OC1(CCC)C(C)(C)OS(=O)(=O)O. The van der Waals surface area contributed by atoms with Crippen LogP contribution in [-0.2, 0) is 19.3 Å². The molecule has 1 N–H and O–H groups in total. The van der Waals surface area contributed by atoms with Gasteiger partial charge in [0, 0.05) is 0 Å². The molecule has 25 heavy (non-hydrogen) atoms. The van der Waals surface area contributed by atoms with Crippen LogP contribution in [0, 0.1) is 0 Å². The van der Waals surface area contributed by atoms with Gasteiger partial charge in [-0.3, -0.25) is 4.55 Å². The first-order chi connectivity index (χ1) is 11.7. The summed E-state index contributed by atoms with van der Waals surface area (Å²) in [5.41, 5.74) is -1.65. The van der Waals surface area contributed by atoms with Crippen LogP contribution in [0.25, 0.3) is 0 Å². The van der Waals surface area contributed by atoms with Gasteiger partial charge in [-0.2, -0.15) is 8.42 Å². The molecule has 0 aliphatic carbocycles. The summed E-state index contributed by atoms with van der Waals surface area (Å²) in [6, 6.07) is 0. The molecule has 0 aromatic carbocycles. The molecular weight excluding hydrogens is 340 g/mol. The average Bonchev–Trinajstić information content (AvgIpc) is 3.19. The van der Waals surface area contributed by atoms with E-state index in [0.29, 0.717) is 0 Å². The predicted molar refractivity (Wildman–Crippen MR) is 101 cm³/mol. The molecule has 5 nitrogen and oxygen atoms in total. The summed E-state index contributed by atoms with van der Waals surface area (Å²) in [7, 11) is -4.49. The van der Waals surface area contributed by atoms with E-state index in [9.17, 15) is 8.42 Å². The van der Waals surface area contributed by atoms with Crippen LogP contribution in [0.2, 0.25) is 0 Å². The lowest BCUT2D eigenvalue weighted by atomic mass is 9.82. The number of ether oxygens (including phenoxy) is 1. The molecule has 1 aliphatic heterocycles. The van der Waals surface area contributed by atoms with E-state index in [1.54, 1.807) is 13.8 Å². The van der Waals surface area contributed by atoms with Crippen LogP contribution in [0.5, 0.6) is 0 Å². The summed E-state index contributed by atoms with van der Waals surface area (Å²) in [6.45, 7) is 7.66. The summed E-state index contributed by atoms with van der Waals surface area (Å²) in [6.07, 6.45) is 14.1. The van der Waals surface area contributed by atoms with E-state index in [2.05, 4.69) is 6.92 Å². The largest absolute Gasteiger partial charge is 0.397 e. The third-order valence-electron chi connectivity index (χ3n) is 5.34. The fourth-order valence-electron chi connectivity index (χ4n) is 3.91. The molecule has 2 atom stereocenters. The maximum absolute atomic E-state index is 11.1. The van der Waals surface area contributed by atoms with E-state index in [1.165, 1.54) is 51.4 Å². The molecule has 1 fully saturated rings. The van der Waals surface area contributed by atoms with Gasteiger partial charge in [-0.05, 0) is 26.7 Å². The summed E-state index contributed by atoms with van der Waals surface area (Å²) in [5.74, 6) is 0. The summed E-state index contributed by atoms with van der Waals surface area (Å²) < 4.78 is 42.2. The van der Waals surface area contributed by atoms with Crippen LogP contribution in [0.15, 0.2) is 0 Å². The van der Waals surface area contributed by atoms with Gasteiger partial charge >= 0.3 is 10.4 Å². The molecule has 0 aromatic rings. The first-order valence-electron chi connectivity index (χ1n) is 10.0. The number of rotatable bonds is 15. The molecule has 1 saturated heterocycles. The zero-order chi connectivity index (χ0) is 19.0. The molecule has 2 unspecified atom stereocenters. The monoisotopic (exact) mass is 378 g/mol. The molecule has 0 amide bonds. The number of hydrogen-bond donors (Lipinski definition) is 1. The van der Waals surface area contributed by atoms with Gasteiger partial charge in [0.2, 0.25) is 0 Å². The molecule has 0 saturated carbocycles. The second-order valence-electron chi connectivity index (χ2n) is 7.88. The predicted octanol–water partition coefficient (Wildman–Crippen LogP) is 5.44. The number of epoxide rings is 1. The molecule has 1 aliphatic rings. The lowest BCUT2D eigenvalue weighted by Crippen LogP contribution is -2.45. The Kier molecular flexibility index (Phi) is 9.37. The van der Waals surface area contributed by atoms with Crippen LogP contribution in [-0.4, -0.2) is 30.3 Å². The maximum atomic E-state index is 11.1. The fourth-order valence-corrected chi connectivity index (χ4v) is 4.58. The molecule has 1 heterocycles. The Labute approximate surface area is 154 Å². The quantitative estimate of drug-likeness (QED) is 0.233. The lowest BCUT2D eigenvalue weighted by Gasteiger charge is -2.30. The molecule has 1 rings (SSSR count). The molecule has 0 spiro atoms. The van der Waals surface area contributed by atoms with Gasteiger partial charge in [0.05, 0.1) is 6.10 Å². The highest BCUT2D eigenvalue weighted by Gasteiger charge is 2.65. The Morgan fingerprint density at radius 2 is 1.48 bits per heavy atom. The van der Waals surface area contributed by atoms with Crippen molar-refractivity contribution in [2.45, 2.75) is 122 Å². The minimum Gasteiger partial charge on any atom is -0.363 e. The third kappa shape index (κ3) is 7.53. The maximum Gasteiger partial charge on any atom is 0.397 e. The number of unbranched alkanes of at least 4 members (excludes halogenated alkanes) is 8. The van der Waals surface area contributed by atoms with Crippen molar-refractivity contribution < 1.29 is 21.9 Å². The van der Waals surface area contributed by atoms with Crippen molar-refractivity contribution in [3.63, 3.8) is 0 Å². The van der Waals surface area contributed by atoms with Gasteiger partial charge in [-0.25, -0.2) is 4.18 Å². The fraction of sp³-hybridized carbons (Fsp3) is 1.00.